The zero-order valence-corrected chi connectivity index (χ0v) is 15.9. The minimum atomic E-state index is -1.65. The average Bonchev–Trinajstić information content (AvgIpc) is 2.96. The van der Waals surface area contributed by atoms with Gasteiger partial charge in [-0.1, -0.05) is 26.3 Å². The number of hydrogen-bond acceptors (Lipinski definition) is 6. The largest absolute Gasteiger partial charge is 0.461 e. The van der Waals surface area contributed by atoms with Crippen molar-refractivity contribution in [1.82, 2.24) is 0 Å². The molecule has 1 aliphatic heterocycles. The molecule has 0 radical (unpaired) electrons. The van der Waals surface area contributed by atoms with Crippen LogP contribution in [0.5, 0.6) is 0 Å². The molecule has 0 aromatic carbocycles. The molecule has 0 aromatic rings. The molecule has 6 heteroatoms. The minimum Gasteiger partial charge on any atom is -0.461 e. The van der Waals surface area contributed by atoms with Gasteiger partial charge in [-0.2, -0.15) is 0 Å². The van der Waals surface area contributed by atoms with E-state index >= 15 is 0 Å². The summed E-state index contributed by atoms with van der Waals surface area (Å²) in [7, 11) is 0. The van der Waals surface area contributed by atoms with E-state index in [0.29, 0.717) is 24.0 Å². The molecule has 26 heavy (non-hydrogen) atoms. The normalized spacial score (nSPS) is 37.5. The van der Waals surface area contributed by atoms with E-state index in [1.54, 1.807) is 27.7 Å². The fourth-order valence-corrected chi connectivity index (χ4v) is 4.37. The average molecular weight is 362 g/mol. The second-order valence-corrected chi connectivity index (χ2v) is 7.83. The SMILES string of the molecule is CCC(C)C(=O)O[C@H]1CC(C)=C2C(=O)C=C(C)[C@]2(O)[C@H]2OC(=O)[C@@H](C)[C@H]12. The van der Waals surface area contributed by atoms with Crippen molar-refractivity contribution in [2.75, 3.05) is 0 Å². The molecule has 0 amide bonds. The van der Waals surface area contributed by atoms with Crippen molar-refractivity contribution in [2.24, 2.45) is 17.8 Å². The molecular formula is C20H26O6. The van der Waals surface area contributed by atoms with Crippen LogP contribution in [0.2, 0.25) is 0 Å². The highest BCUT2D eigenvalue weighted by molar-refractivity contribution is 6.11. The van der Waals surface area contributed by atoms with Crippen LogP contribution in [0.3, 0.4) is 0 Å². The fraction of sp³-hybridized carbons (Fsp3) is 0.650. The molecule has 6 nitrogen and oxygen atoms in total. The summed E-state index contributed by atoms with van der Waals surface area (Å²) in [6, 6.07) is 0. The third-order valence-corrected chi connectivity index (χ3v) is 6.18. The van der Waals surface area contributed by atoms with Gasteiger partial charge in [-0.25, -0.2) is 0 Å². The number of fused-ring (bicyclic) bond motifs is 3. The van der Waals surface area contributed by atoms with Gasteiger partial charge in [0, 0.05) is 12.0 Å². The van der Waals surface area contributed by atoms with E-state index in [4.69, 9.17) is 9.47 Å². The number of ether oxygens (including phenoxy) is 2. The number of carbonyl (C=O) groups is 3. The molecule has 0 aromatic heterocycles. The van der Waals surface area contributed by atoms with Crippen LogP contribution in [0.15, 0.2) is 22.8 Å². The quantitative estimate of drug-likeness (QED) is 0.774. The van der Waals surface area contributed by atoms with Crippen LogP contribution < -0.4 is 0 Å². The van der Waals surface area contributed by atoms with Gasteiger partial charge in [0.05, 0.1) is 17.8 Å². The lowest BCUT2D eigenvalue weighted by Crippen LogP contribution is -2.49. The summed E-state index contributed by atoms with van der Waals surface area (Å²) in [4.78, 5) is 37.1. The molecule has 0 spiro atoms. The standard InChI is InChI=1S/C20H26O6/c1-6-9(2)18(22)25-14-7-10(3)16-13(21)8-11(4)20(16,24)17-15(14)12(5)19(23)26-17/h8-9,12,14-15,17,24H,6-7H2,1-5H3/t9?,12-,14-,15+,17-,20+/m0/s1. The highest BCUT2D eigenvalue weighted by Crippen LogP contribution is 2.51. The summed E-state index contributed by atoms with van der Waals surface area (Å²) >= 11 is 0. The lowest BCUT2D eigenvalue weighted by molar-refractivity contribution is -0.160. The van der Waals surface area contributed by atoms with Gasteiger partial charge in [0.2, 0.25) is 0 Å². The minimum absolute atomic E-state index is 0.258. The summed E-state index contributed by atoms with van der Waals surface area (Å²) in [5.74, 6) is -2.35. The number of esters is 2. The van der Waals surface area contributed by atoms with E-state index in [1.807, 2.05) is 6.92 Å². The van der Waals surface area contributed by atoms with Crippen LogP contribution in [0.25, 0.3) is 0 Å². The maximum Gasteiger partial charge on any atom is 0.309 e. The maximum absolute atomic E-state index is 12.5. The Morgan fingerprint density at radius 3 is 2.69 bits per heavy atom. The maximum atomic E-state index is 12.5. The Kier molecular flexibility index (Phi) is 4.59. The molecule has 1 unspecified atom stereocenters. The molecule has 0 saturated carbocycles. The molecular weight excluding hydrogens is 336 g/mol. The molecule has 1 N–H and O–H groups in total. The van der Waals surface area contributed by atoms with Gasteiger partial charge in [0.25, 0.3) is 0 Å². The molecule has 142 valence electrons. The molecule has 1 saturated heterocycles. The first-order valence-electron chi connectivity index (χ1n) is 9.19. The molecule has 1 fully saturated rings. The Morgan fingerprint density at radius 2 is 2.08 bits per heavy atom. The van der Waals surface area contributed by atoms with E-state index in [9.17, 15) is 19.5 Å². The number of hydrogen-bond donors (Lipinski definition) is 1. The topological polar surface area (TPSA) is 89.9 Å². The molecule has 3 rings (SSSR count). The van der Waals surface area contributed by atoms with E-state index in [1.165, 1.54) is 6.08 Å². The lowest BCUT2D eigenvalue weighted by Gasteiger charge is -2.35. The molecule has 3 aliphatic rings. The third kappa shape index (κ3) is 2.54. The molecule has 2 aliphatic carbocycles. The second-order valence-electron chi connectivity index (χ2n) is 7.83. The van der Waals surface area contributed by atoms with Gasteiger partial charge in [0.15, 0.2) is 11.4 Å². The Balaban J connectivity index is 2.07. The monoisotopic (exact) mass is 362 g/mol. The Labute approximate surface area is 153 Å². The van der Waals surface area contributed by atoms with Crippen LogP contribution in [0.1, 0.15) is 47.5 Å². The van der Waals surface area contributed by atoms with Gasteiger partial charge in [-0.15, -0.1) is 0 Å². The predicted octanol–water partition coefficient (Wildman–Crippen LogP) is 2.10. The van der Waals surface area contributed by atoms with E-state index < -0.39 is 35.6 Å². The van der Waals surface area contributed by atoms with Crippen LogP contribution >= 0.6 is 0 Å². The zero-order valence-electron chi connectivity index (χ0n) is 15.9. The van der Waals surface area contributed by atoms with Crippen molar-refractivity contribution >= 4 is 17.7 Å². The summed E-state index contributed by atoms with van der Waals surface area (Å²) < 4.78 is 11.3. The van der Waals surface area contributed by atoms with E-state index in [0.717, 1.165) is 0 Å². The summed E-state index contributed by atoms with van der Waals surface area (Å²) in [5.41, 5.74) is -0.258. The van der Waals surface area contributed by atoms with Crippen molar-refractivity contribution in [3.05, 3.63) is 22.8 Å². The smallest absolute Gasteiger partial charge is 0.309 e. The number of rotatable bonds is 3. The second kappa shape index (κ2) is 6.34. The zero-order chi connectivity index (χ0) is 19.4. The van der Waals surface area contributed by atoms with Crippen molar-refractivity contribution in [3.63, 3.8) is 0 Å². The summed E-state index contributed by atoms with van der Waals surface area (Å²) in [5, 5.41) is 11.4. The third-order valence-electron chi connectivity index (χ3n) is 6.18. The molecule has 0 bridgehead atoms. The fourth-order valence-electron chi connectivity index (χ4n) is 4.37. The van der Waals surface area contributed by atoms with E-state index in [-0.39, 0.29) is 23.2 Å². The van der Waals surface area contributed by atoms with Crippen molar-refractivity contribution in [1.29, 1.82) is 0 Å². The first kappa shape index (κ1) is 18.8. The predicted molar refractivity (Wildman–Crippen MR) is 92.9 cm³/mol. The van der Waals surface area contributed by atoms with Gasteiger partial charge in [-0.05, 0) is 31.9 Å². The highest BCUT2D eigenvalue weighted by atomic mass is 16.6. The van der Waals surface area contributed by atoms with Gasteiger partial charge >= 0.3 is 11.9 Å². The lowest BCUT2D eigenvalue weighted by atomic mass is 9.76. The number of allylic oxidation sites excluding steroid dienone is 1. The van der Waals surface area contributed by atoms with Crippen LogP contribution in [-0.2, 0) is 23.9 Å². The van der Waals surface area contributed by atoms with Crippen molar-refractivity contribution in [2.45, 2.75) is 65.3 Å². The van der Waals surface area contributed by atoms with Gasteiger partial charge in [0.1, 0.15) is 12.2 Å². The van der Waals surface area contributed by atoms with Gasteiger partial charge < -0.3 is 14.6 Å². The van der Waals surface area contributed by atoms with Crippen molar-refractivity contribution < 1.29 is 29.0 Å². The highest BCUT2D eigenvalue weighted by Gasteiger charge is 2.62. The first-order valence-corrected chi connectivity index (χ1v) is 9.19. The molecule has 6 atom stereocenters. The number of aliphatic hydroxyl groups is 1. The number of carbonyl (C=O) groups excluding carboxylic acids is 3. The Morgan fingerprint density at radius 1 is 1.42 bits per heavy atom. The van der Waals surface area contributed by atoms with E-state index in [2.05, 4.69) is 0 Å². The van der Waals surface area contributed by atoms with Crippen LogP contribution in [-0.4, -0.2) is 40.6 Å². The summed E-state index contributed by atoms with van der Waals surface area (Å²) in [6.07, 6.45) is 0.794. The van der Waals surface area contributed by atoms with Crippen molar-refractivity contribution in [3.8, 4) is 0 Å². The van der Waals surface area contributed by atoms with Gasteiger partial charge in [-0.3, -0.25) is 14.4 Å². The first-order chi connectivity index (χ1) is 12.1. The van der Waals surface area contributed by atoms with Crippen LogP contribution in [0.4, 0.5) is 0 Å². The molecule has 1 heterocycles. The number of ketones is 1. The Hall–Kier alpha value is -1.95. The van der Waals surface area contributed by atoms with Crippen LogP contribution in [0, 0.1) is 17.8 Å². The summed E-state index contributed by atoms with van der Waals surface area (Å²) in [6.45, 7) is 8.84. The Bertz CT molecular complexity index is 733.